The molecule has 2 rings (SSSR count). The molecule has 20 heavy (non-hydrogen) atoms. The molecule has 1 atom stereocenters. The third-order valence-corrected chi connectivity index (χ3v) is 3.41. The first kappa shape index (κ1) is 14.7. The van der Waals surface area contributed by atoms with Gasteiger partial charge >= 0.3 is 0 Å². The van der Waals surface area contributed by atoms with E-state index in [2.05, 4.69) is 52.5 Å². The molecule has 0 spiro atoms. The van der Waals surface area contributed by atoms with Gasteiger partial charge in [0.15, 0.2) is 0 Å². The van der Waals surface area contributed by atoms with Gasteiger partial charge < -0.3 is 5.32 Å². The molecule has 0 amide bonds. The molecule has 0 bridgehead atoms. The third-order valence-electron chi connectivity index (χ3n) is 3.41. The van der Waals surface area contributed by atoms with Gasteiger partial charge in [-0.1, -0.05) is 50.1 Å². The number of nitrogens with one attached hydrogen (secondary N) is 1. The van der Waals surface area contributed by atoms with Crippen molar-refractivity contribution in [1.29, 1.82) is 0 Å². The molecule has 0 radical (unpaired) electrons. The number of nitrogens with zero attached hydrogens (tertiary/aromatic N) is 2. The van der Waals surface area contributed by atoms with E-state index in [0.717, 1.165) is 24.4 Å². The van der Waals surface area contributed by atoms with Crippen LogP contribution in [-0.4, -0.2) is 9.97 Å². The molecule has 3 nitrogen and oxygen atoms in total. The average molecular weight is 269 g/mol. The fourth-order valence-electron chi connectivity index (χ4n) is 2.22. The Kier molecular flexibility index (Phi) is 5.69. The van der Waals surface area contributed by atoms with Crippen LogP contribution in [-0.2, 0) is 6.54 Å². The lowest BCUT2D eigenvalue weighted by molar-refractivity contribution is 0.476. The summed E-state index contributed by atoms with van der Waals surface area (Å²) in [6, 6.07) is 11.0. The van der Waals surface area contributed by atoms with Crippen molar-refractivity contribution in [2.24, 2.45) is 0 Å². The van der Waals surface area contributed by atoms with Gasteiger partial charge in [-0.3, -0.25) is 9.97 Å². The normalized spacial score (nSPS) is 12.3. The first-order valence-electron chi connectivity index (χ1n) is 7.35. The molecule has 0 aliphatic rings. The van der Waals surface area contributed by atoms with Gasteiger partial charge in [0.1, 0.15) is 0 Å². The molecule has 1 aromatic carbocycles. The average Bonchev–Trinajstić information content (AvgIpc) is 2.50. The fourth-order valence-corrected chi connectivity index (χ4v) is 2.22. The number of hydrogen-bond donors (Lipinski definition) is 1. The van der Waals surface area contributed by atoms with Gasteiger partial charge in [0.2, 0.25) is 0 Å². The summed E-state index contributed by atoms with van der Waals surface area (Å²) in [6.45, 7) is 4.95. The van der Waals surface area contributed by atoms with E-state index >= 15 is 0 Å². The van der Waals surface area contributed by atoms with E-state index in [4.69, 9.17) is 0 Å². The van der Waals surface area contributed by atoms with Crippen LogP contribution in [0.1, 0.15) is 49.2 Å². The highest BCUT2D eigenvalue weighted by atomic mass is 14.9. The lowest BCUT2D eigenvalue weighted by Gasteiger charge is -2.18. The van der Waals surface area contributed by atoms with Crippen LogP contribution in [0.2, 0.25) is 0 Å². The second-order valence-electron chi connectivity index (χ2n) is 5.14. The summed E-state index contributed by atoms with van der Waals surface area (Å²) < 4.78 is 0. The SMILES string of the molecule is CCCCC(NCc1cnc(C)cn1)c1ccccc1. The quantitative estimate of drug-likeness (QED) is 0.830. The molecule has 0 fully saturated rings. The van der Waals surface area contributed by atoms with E-state index in [-0.39, 0.29) is 0 Å². The number of benzene rings is 1. The van der Waals surface area contributed by atoms with Crippen LogP contribution < -0.4 is 5.32 Å². The zero-order chi connectivity index (χ0) is 14.2. The second-order valence-corrected chi connectivity index (χ2v) is 5.14. The summed E-state index contributed by atoms with van der Waals surface area (Å²) >= 11 is 0. The molecule has 0 saturated carbocycles. The summed E-state index contributed by atoms with van der Waals surface area (Å²) in [5.41, 5.74) is 3.30. The van der Waals surface area contributed by atoms with Gasteiger partial charge in [0.05, 0.1) is 11.4 Å². The van der Waals surface area contributed by atoms with E-state index in [1.54, 1.807) is 0 Å². The van der Waals surface area contributed by atoms with Crippen LogP contribution >= 0.6 is 0 Å². The summed E-state index contributed by atoms with van der Waals surface area (Å²) in [6.07, 6.45) is 7.27. The van der Waals surface area contributed by atoms with E-state index < -0.39 is 0 Å². The minimum Gasteiger partial charge on any atom is -0.304 e. The molecule has 1 heterocycles. The zero-order valence-corrected chi connectivity index (χ0v) is 12.3. The Balaban J connectivity index is 1.99. The van der Waals surface area contributed by atoms with Crippen LogP contribution in [0.15, 0.2) is 42.7 Å². The number of aromatic nitrogens is 2. The third kappa shape index (κ3) is 4.42. The van der Waals surface area contributed by atoms with E-state index in [0.29, 0.717) is 6.04 Å². The van der Waals surface area contributed by atoms with Crippen LogP contribution in [0.25, 0.3) is 0 Å². The van der Waals surface area contributed by atoms with Crippen LogP contribution in [0.4, 0.5) is 0 Å². The molecular weight excluding hydrogens is 246 g/mol. The highest BCUT2D eigenvalue weighted by molar-refractivity contribution is 5.19. The smallest absolute Gasteiger partial charge is 0.0724 e. The molecule has 1 unspecified atom stereocenters. The minimum absolute atomic E-state index is 0.388. The molecular formula is C17H23N3. The van der Waals surface area contributed by atoms with Gasteiger partial charge in [-0.15, -0.1) is 0 Å². The maximum atomic E-state index is 4.40. The Bertz CT molecular complexity index is 493. The van der Waals surface area contributed by atoms with Crippen LogP contribution in [0.5, 0.6) is 0 Å². The largest absolute Gasteiger partial charge is 0.304 e. The molecule has 106 valence electrons. The van der Waals surface area contributed by atoms with Gasteiger partial charge in [0.25, 0.3) is 0 Å². The Hall–Kier alpha value is -1.74. The van der Waals surface area contributed by atoms with Gasteiger partial charge in [-0.2, -0.15) is 0 Å². The molecule has 1 aromatic heterocycles. The van der Waals surface area contributed by atoms with Crippen molar-refractivity contribution in [3.05, 3.63) is 59.7 Å². The maximum Gasteiger partial charge on any atom is 0.0724 e. The number of unbranched alkanes of at least 4 members (excludes halogenated alkanes) is 1. The molecule has 0 aliphatic heterocycles. The van der Waals surface area contributed by atoms with Crippen molar-refractivity contribution < 1.29 is 0 Å². The van der Waals surface area contributed by atoms with Crippen molar-refractivity contribution in [2.75, 3.05) is 0 Å². The van der Waals surface area contributed by atoms with Gasteiger partial charge in [-0.25, -0.2) is 0 Å². The first-order chi connectivity index (χ1) is 9.79. The number of hydrogen-bond acceptors (Lipinski definition) is 3. The van der Waals surface area contributed by atoms with Crippen molar-refractivity contribution in [1.82, 2.24) is 15.3 Å². The topological polar surface area (TPSA) is 37.8 Å². The van der Waals surface area contributed by atoms with Crippen molar-refractivity contribution in [2.45, 2.75) is 45.7 Å². The van der Waals surface area contributed by atoms with E-state index in [1.807, 2.05) is 19.3 Å². The summed E-state index contributed by atoms with van der Waals surface area (Å²) in [5.74, 6) is 0. The Labute approximate surface area is 121 Å². The van der Waals surface area contributed by atoms with E-state index in [9.17, 15) is 0 Å². The Morgan fingerprint density at radius 3 is 2.55 bits per heavy atom. The predicted molar refractivity (Wildman–Crippen MR) is 82.3 cm³/mol. The first-order valence-corrected chi connectivity index (χ1v) is 7.35. The van der Waals surface area contributed by atoms with Crippen LogP contribution in [0.3, 0.4) is 0 Å². The summed E-state index contributed by atoms with van der Waals surface area (Å²) in [5, 5.41) is 3.60. The molecule has 1 N–H and O–H groups in total. The second kappa shape index (κ2) is 7.75. The monoisotopic (exact) mass is 269 g/mol. The number of aryl methyl sites for hydroxylation is 1. The molecule has 0 aliphatic carbocycles. The number of rotatable bonds is 7. The molecule has 0 saturated heterocycles. The lowest BCUT2D eigenvalue weighted by Crippen LogP contribution is -2.21. The predicted octanol–water partition coefficient (Wildman–Crippen LogP) is 3.81. The highest BCUT2D eigenvalue weighted by Crippen LogP contribution is 2.19. The Morgan fingerprint density at radius 2 is 1.90 bits per heavy atom. The van der Waals surface area contributed by atoms with Crippen LogP contribution in [0, 0.1) is 6.92 Å². The van der Waals surface area contributed by atoms with Crippen molar-refractivity contribution >= 4 is 0 Å². The Morgan fingerprint density at radius 1 is 1.10 bits per heavy atom. The fraction of sp³-hybridized carbons (Fsp3) is 0.412. The maximum absolute atomic E-state index is 4.40. The zero-order valence-electron chi connectivity index (χ0n) is 12.3. The lowest BCUT2D eigenvalue weighted by atomic mass is 10.0. The molecule has 3 heteroatoms. The van der Waals surface area contributed by atoms with Gasteiger partial charge in [0, 0.05) is 25.0 Å². The molecule has 2 aromatic rings. The van der Waals surface area contributed by atoms with E-state index in [1.165, 1.54) is 18.4 Å². The standard InChI is InChI=1S/C17H23N3/c1-3-4-10-17(15-8-6-5-7-9-15)20-13-16-12-18-14(2)11-19-16/h5-9,11-12,17,20H,3-4,10,13H2,1-2H3. The van der Waals surface area contributed by atoms with Gasteiger partial charge in [-0.05, 0) is 18.9 Å². The summed E-state index contributed by atoms with van der Waals surface area (Å²) in [7, 11) is 0. The highest BCUT2D eigenvalue weighted by Gasteiger charge is 2.10. The summed E-state index contributed by atoms with van der Waals surface area (Å²) in [4.78, 5) is 8.69. The minimum atomic E-state index is 0.388. The van der Waals surface area contributed by atoms with Crippen molar-refractivity contribution in [3.8, 4) is 0 Å². The van der Waals surface area contributed by atoms with Crippen molar-refractivity contribution in [3.63, 3.8) is 0 Å².